The van der Waals surface area contributed by atoms with E-state index in [1.807, 2.05) is 5.38 Å². The first-order chi connectivity index (χ1) is 14.7. The van der Waals surface area contributed by atoms with Crippen LogP contribution in [0.4, 0.5) is 5.13 Å². The summed E-state index contributed by atoms with van der Waals surface area (Å²) in [6.45, 7) is 11.9. The van der Waals surface area contributed by atoms with Gasteiger partial charge >= 0.3 is 0 Å². The lowest BCUT2D eigenvalue weighted by atomic mass is 9.92. The summed E-state index contributed by atoms with van der Waals surface area (Å²) < 4.78 is 26.6. The molecule has 1 saturated heterocycles. The fourth-order valence-corrected chi connectivity index (χ4v) is 6.40. The van der Waals surface area contributed by atoms with Crippen molar-refractivity contribution < 1.29 is 13.2 Å². The average Bonchev–Trinajstić information content (AvgIpc) is 3.14. The van der Waals surface area contributed by atoms with Gasteiger partial charge in [0.1, 0.15) is 0 Å². The third-order valence-electron chi connectivity index (χ3n) is 5.56. The normalized spacial score (nSPS) is 20.2. The molecule has 2 unspecified atom stereocenters. The van der Waals surface area contributed by atoms with Crippen molar-refractivity contribution >= 4 is 32.4 Å². The van der Waals surface area contributed by atoms with Gasteiger partial charge in [0.05, 0.1) is 10.6 Å². The van der Waals surface area contributed by atoms with E-state index < -0.39 is 10.0 Å². The smallest absolute Gasteiger partial charge is 0.257 e. The summed E-state index contributed by atoms with van der Waals surface area (Å²) in [4.78, 5) is 19.8. The molecule has 1 fully saturated rings. The minimum atomic E-state index is -3.53. The molecule has 1 aliphatic rings. The van der Waals surface area contributed by atoms with Gasteiger partial charge in [-0.05, 0) is 42.5 Å². The summed E-state index contributed by atoms with van der Waals surface area (Å²) >= 11 is 1.41. The van der Waals surface area contributed by atoms with E-state index in [-0.39, 0.29) is 10.8 Å². The molecule has 3 rings (SSSR count). The second-order valence-corrected chi connectivity index (χ2v) is 11.1. The number of hydrogen-bond donors (Lipinski definition) is 1. The number of anilines is 1. The second kappa shape index (κ2) is 10.2. The summed E-state index contributed by atoms with van der Waals surface area (Å²) in [5.41, 5.74) is 1.36. The first kappa shape index (κ1) is 23.8. The van der Waals surface area contributed by atoms with Crippen LogP contribution in [0.1, 0.15) is 50.2 Å². The maximum Gasteiger partial charge on any atom is 0.257 e. The van der Waals surface area contributed by atoms with Crippen molar-refractivity contribution in [2.75, 3.05) is 31.5 Å². The zero-order valence-corrected chi connectivity index (χ0v) is 20.3. The molecular formula is C22H32N4O3S2. The van der Waals surface area contributed by atoms with Gasteiger partial charge in [0.2, 0.25) is 10.0 Å². The number of likely N-dealkylation sites (tertiary alicyclic amines) is 1. The molecule has 0 bridgehead atoms. The van der Waals surface area contributed by atoms with Crippen LogP contribution in [0, 0.1) is 11.8 Å². The van der Waals surface area contributed by atoms with Crippen molar-refractivity contribution in [1.29, 1.82) is 0 Å². The lowest BCUT2D eigenvalue weighted by molar-refractivity contribution is 0.102. The van der Waals surface area contributed by atoms with Gasteiger partial charge in [-0.25, -0.2) is 13.4 Å². The summed E-state index contributed by atoms with van der Waals surface area (Å²) in [7, 11) is -3.53. The van der Waals surface area contributed by atoms with Crippen LogP contribution < -0.4 is 5.32 Å². The monoisotopic (exact) mass is 464 g/mol. The number of nitrogens with zero attached hydrogens (tertiary/aromatic N) is 3. The molecule has 1 N–H and O–H groups in total. The summed E-state index contributed by atoms with van der Waals surface area (Å²) in [5, 5.41) is 5.37. The first-order valence-corrected chi connectivity index (χ1v) is 13.1. The van der Waals surface area contributed by atoms with Gasteiger partial charge in [-0.1, -0.05) is 27.7 Å². The summed E-state index contributed by atoms with van der Waals surface area (Å²) in [6, 6.07) is 6.04. The number of amides is 1. The number of rotatable bonds is 8. The molecule has 31 heavy (non-hydrogen) atoms. The van der Waals surface area contributed by atoms with Gasteiger partial charge in [0, 0.05) is 43.7 Å². The highest BCUT2D eigenvalue weighted by atomic mass is 32.2. The molecular weight excluding hydrogens is 432 g/mol. The van der Waals surface area contributed by atoms with E-state index >= 15 is 0 Å². The number of aromatic nitrogens is 1. The third-order valence-corrected chi connectivity index (χ3v) is 8.43. The first-order valence-electron chi connectivity index (χ1n) is 10.8. The molecule has 1 aromatic carbocycles. The number of carbonyl (C=O) groups excluding carboxylic acids is 1. The Labute approximate surface area is 189 Å². The Balaban J connectivity index is 1.62. The molecule has 0 aliphatic carbocycles. The number of carbonyl (C=O) groups is 1. The summed E-state index contributed by atoms with van der Waals surface area (Å²) in [5.74, 6) is 1.08. The van der Waals surface area contributed by atoms with E-state index in [0.717, 1.165) is 25.3 Å². The molecule has 1 aliphatic heterocycles. The van der Waals surface area contributed by atoms with Gasteiger partial charge in [0.25, 0.3) is 5.91 Å². The quantitative estimate of drug-likeness (QED) is 0.641. The Bertz CT molecular complexity index is 974. The van der Waals surface area contributed by atoms with Gasteiger partial charge in [0.15, 0.2) is 5.13 Å². The van der Waals surface area contributed by atoms with Crippen molar-refractivity contribution in [2.24, 2.45) is 11.8 Å². The Morgan fingerprint density at radius 1 is 1.16 bits per heavy atom. The summed E-state index contributed by atoms with van der Waals surface area (Å²) in [6.07, 6.45) is 1.27. The van der Waals surface area contributed by atoms with E-state index in [1.54, 1.807) is 13.8 Å². The van der Waals surface area contributed by atoms with Gasteiger partial charge in [-0.2, -0.15) is 4.31 Å². The molecule has 0 radical (unpaired) electrons. The van der Waals surface area contributed by atoms with Crippen molar-refractivity contribution in [2.45, 2.75) is 45.6 Å². The number of thiazole rings is 1. The van der Waals surface area contributed by atoms with E-state index in [9.17, 15) is 13.2 Å². The van der Waals surface area contributed by atoms with E-state index in [2.05, 4.69) is 29.0 Å². The Hall–Kier alpha value is -1.81. The van der Waals surface area contributed by atoms with Crippen LogP contribution in [0.5, 0.6) is 0 Å². The predicted molar refractivity (Wildman–Crippen MR) is 125 cm³/mol. The van der Waals surface area contributed by atoms with E-state index in [1.165, 1.54) is 46.3 Å². The van der Waals surface area contributed by atoms with Crippen LogP contribution in [0.25, 0.3) is 0 Å². The van der Waals surface area contributed by atoms with Gasteiger partial charge in [-0.3, -0.25) is 15.0 Å². The minimum Gasteiger partial charge on any atom is -0.298 e. The van der Waals surface area contributed by atoms with Crippen LogP contribution in [-0.4, -0.2) is 54.7 Å². The highest BCUT2D eigenvalue weighted by Gasteiger charge is 2.23. The molecule has 170 valence electrons. The molecule has 2 atom stereocenters. The Morgan fingerprint density at radius 3 is 2.35 bits per heavy atom. The third kappa shape index (κ3) is 5.91. The number of hydrogen-bond acceptors (Lipinski definition) is 6. The van der Waals surface area contributed by atoms with Crippen molar-refractivity contribution in [3.05, 3.63) is 40.9 Å². The van der Waals surface area contributed by atoms with Crippen molar-refractivity contribution in [3.8, 4) is 0 Å². The number of nitrogens with one attached hydrogen (secondary N) is 1. The molecule has 2 heterocycles. The molecule has 0 spiro atoms. The molecule has 1 amide bonds. The zero-order chi connectivity index (χ0) is 22.6. The predicted octanol–water partition coefficient (Wildman–Crippen LogP) is 3.90. The molecule has 1 aromatic heterocycles. The molecule has 7 nitrogen and oxygen atoms in total. The second-order valence-electron chi connectivity index (χ2n) is 8.35. The molecule has 9 heteroatoms. The van der Waals surface area contributed by atoms with Gasteiger partial charge in [-0.15, -0.1) is 11.3 Å². The standard InChI is InChI=1S/C22H32N4O3S2/c1-5-26(6-2)31(28,29)20-9-7-18(8-10-20)21(27)24-22-23-19(15-30-22)14-25-12-16(3)11-17(4)13-25/h7-10,15-17H,5-6,11-14H2,1-4H3,(H,23,24,27). The number of sulfonamides is 1. The Kier molecular flexibility index (Phi) is 7.85. The fraction of sp³-hybridized carbons (Fsp3) is 0.545. The zero-order valence-electron chi connectivity index (χ0n) is 18.7. The van der Waals surface area contributed by atoms with Crippen LogP contribution in [-0.2, 0) is 16.6 Å². The fourth-order valence-electron chi connectivity index (χ4n) is 4.25. The topological polar surface area (TPSA) is 82.6 Å². The van der Waals surface area contributed by atoms with Crippen LogP contribution in [0.15, 0.2) is 34.5 Å². The lowest BCUT2D eigenvalue weighted by Crippen LogP contribution is -2.38. The molecule has 2 aromatic rings. The number of benzene rings is 1. The van der Waals surface area contributed by atoms with E-state index in [0.29, 0.717) is 35.6 Å². The maximum absolute atomic E-state index is 12.6. The Morgan fingerprint density at radius 2 is 1.77 bits per heavy atom. The number of piperidine rings is 1. The van der Waals surface area contributed by atoms with Crippen LogP contribution in [0.2, 0.25) is 0 Å². The SMILES string of the molecule is CCN(CC)S(=O)(=O)c1ccc(C(=O)Nc2nc(CN3CC(C)CC(C)C3)cs2)cc1. The largest absolute Gasteiger partial charge is 0.298 e. The van der Waals surface area contributed by atoms with Crippen molar-refractivity contribution in [3.63, 3.8) is 0 Å². The van der Waals surface area contributed by atoms with E-state index in [4.69, 9.17) is 0 Å². The highest BCUT2D eigenvalue weighted by Crippen LogP contribution is 2.24. The average molecular weight is 465 g/mol. The minimum absolute atomic E-state index is 0.189. The maximum atomic E-state index is 12.6. The highest BCUT2D eigenvalue weighted by molar-refractivity contribution is 7.89. The van der Waals surface area contributed by atoms with Crippen LogP contribution >= 0.6 is 11.3 Å². The molecule has 0 saturated carbocycles. The van der Waals surface area contributed by atoms with Crippen LogP contribution in [0.3, 0.4) is 0 Å². The van der Waals surface area contributed by atoms with Crippen molar-refractivity contribution in [1.82, 2.24) is 14.2 Å². The lowest BCUT2D eigenvalue weighted by Gasteiger charge is -2.34. The van der Waals surface area contributed by atoms with Gasteiger partial charge < -0.3 is 0 Å².